The van der Waals surface area contributed by atoms with Crippen molar-refractivity contribution in [2.45, 2.75) is 51.8 Å². The Morgan fingerprint density at radius 2 is 2.22 bits per heavy atom. The molecule has 1 aromatic heterocycles. The largest absolute Gasteiger partial charge is 0.369 e. The smallest absolute Gasteiger partial charge is 0.249 e. The summed E-state index contributed by atoms with van der Waals surface area (Å²) in [6.07, 6.45) is 3.64. The van der Waals surface area contributed by atoms with Gasteiger partial charge in [-0.3, -0.25) is 4.79 Å². The monoisotopic (exact) mass is 358 g/mol. The summed E-state index contributed by atoms with van der Waals surface area (Å²) < 4.78 is 5.56. The van der Waals surface area contributed by atoms with Gasteiger partial charge in [0, 0.05) is 12.6 Å². The average molecular weight is 359 g/mol. The molecule has 1 saturated heterocycles. The maximum absolute atomic E-state index is 12.7. The van der Waals surface area contributed by atoms with E-state index in [1.165, 1.54) is 18.4 Å². The first-order valence-electron chi connectivity index (χ1n) is 8.24. The highest BCUT2D eigenvalue weighted by Gasteiger charge is 2.57. The molecule has 130 valence electrons. The van der Waals surface area contributed by atoms with E-state index in [0.29, 0.717) is 11.5 Å². The number of carbonyl (C=O) groups excluding carboxylic acids is 1. The average Bonchev–Trinajstić information content (AvgIpc) is 2.95. The van der Waals surface area contributed by atoms with Gasteiger partial charge in [-0.1, -0.05) is 0 Å². The Morgan fingerprint density at radius 1 is 1.48 bits per heavy atom. The number of nitrogens with one attached hydrogen (secondary N) is 1. The van der Waals surface area contributed by atoms with E-state index in [-0.39, 0.29) is 31.0 Å². The van der Waals surface area contributed by atoms with Crippen LogP contribution in [0.25, 0.3) is 0 Å². The molecule has 0 bridgehead atoms. The molecule has 2 aliphatic rings. The molecule has 1 saturated carbocycles. The third-order valence-electron chi connectivity index (χ3n) is 4.92. The molecule has 3 rings (SSSR count). The molecule has 1 aromatic rings. The van der Waals surface area contributed by atoms with Gasteiger partial charge in [0.1, 0.15) is 6.61 Å². The fourth-order valence-corrected chi connectivity index (χ4v) is 4.16. The van der Waals surface area contributed by atoms with Gasteiger partial charge in [-0.15, -0.1) is 12.4 Å². The second-order valence-corrected chi connectivity index (χ2v) is 7.63. The third-order valence-corrected chi connectivity index (χ3v) is 5.65. The van der Waals surface area contributed by atoms with Gasteiger partial charge in [-0.25, -0.2) is 0 Å². The normalized spacial score (nSPS) is 22.0. The summed E-state index contributed by atoms with van der Waals surface area (Å²) in [7, 11) is 0. The molecule has 2 fully saturated rings. The van der Waals surface area contributed by atoms with Gasteiger partial charge in [0.05, 0.1) is 6.10 Å². The minimum atomic E-state index is 0. The molecule has 1 aliphatic heterocycles. The van der Waals surface area contributed by atoms with Crippen LogP contribution in [0.2, 0.25) is 0 Å². The Kier molecular flexibility index (Phi) is 6.48. The number of piperidine rings is 1. The van der Waals surface area contributed by atoms with Crippen LogP contribution in [0.1, 0.15) is 38.7 Å². The number of rotatable bonds is 6. The predicted octanol–water partition coefficient (Wildman–Crippen LogP) is 3.07. The van der Waals surface area contributed by atoms with Crippen LogP contribution in [0.15, 0.2) is 16.8 Å². The van der Waals surface area contributed by atoms with E-state index < -0.39 is 0 Å². The first kappa shape index (κ1) is 18.7. The first-order chi connectivity index (χ1) is 10.6. The number of nitrogens with zero attached hydrogens (tertiary/aromatic N) is 1. The zero-order valence-electron chi connectivity index (χ0n) is 13.9. The van der Waals surface area contributed by atoms with Crippen molar-refractivity contribution in [2.24, 2.45) is 5.41 Å². The van der Waals surface area contributed by atoms with Crippen LogP contribution in [0, 0.1) is 5.41 Å². The van der Waals surface area contributed by atoms with Crippen molar-refractivity contribution in [1.82, 2.24) is 10.2 Å². The number of carbonyl (C=O) groups is 1. The van der Waals surface area contributed by atoms with Crippen molar-refractivity contribution in [3.05, 3.63) is 22.4 Å². The van der Waals surface area contributed by atoms with E-state index in [1.807, 2.05) is 13.8 Å². The van der Waals surface area contributed by atoms with Gasteiger partial charge < -0.3 is 15.0 Å². The molecule has 1 spiro atoms. The van der Waals surface area contributed by atoms with Crippen molar-refractivity contribution < 1.29 is 9.53 Å². The van der Waals surface area contributed by atoms with Crippen molar-refractivity contribution in [3.8, 4) is 0 Å². The standard InChI is InChI=1S/C17H26N2O2S.ClH/c1-13(2)21-11-16(20)19(10-14-3-8-22-12-14)15-9-17(15)4-6-18-7-5-17;/h3,8,12-13,15,18H,4-7,9-11H2,1-2H3;1H. The summed E-state index contributed by atoms with van der Waals surface area (Å²) in [5, 5.41) is 7.65. The van der Waals surface area contributed by atoms with Gasteiger partial charge >= 0.3 is 0 Å². The summed E-state index contributed by atoms with van der Waals surface area (Å²) in [5.74, 6) is 0.139. The zero-order chi connectivity index (χ0) is 15.6. The fraction of sp³-hybridized carbons (Fsp3) is 0.706. The predicted molar refractivity (Wildman–Crippen MR) is 96.1 cm³/mol. The summed E-state index contributed by atoms with van der Waals surface area (Å²) in [4.78, 5) is 14.7. The molecule has 1 N–H and O–H groups in total. The van der Waals surface area contributed by atoms with E-state index in [0.717, 1.165) is 26.1 Å². The van der Waals surface area contributed by atoms with E-state index in [9.17, 15) is 4.79 Å². The molecule has 6 heteroatoms. The van der Waals surface area contributed by atoms with Crippen molar-refractivity contribution in [2.75, 3.05) is 19.7 Å². The molecule has 1 aliphatic carbocycles. The van der Waals surface area contributed by atoms with Gasteiger partial charge in [0.15, 0.2) is 0 Å². The molecule has 23 heavy (non-hydrogen) atoms. The molecule has 1 unspecified atom stereocenters. The van der Waals surface area contributed by atoms with Crippen LogP contribution in [0.4, 0.5) is 0 Å². The van der Waals surface area contributed by atoms with E-state index in [4.69, 9.17) is 4.74 Å². The number of amides is 1. The molecule has 0 aromatic carbocycles. The molecule has 4 nitrogen and oxygen atoms in total. The van der Waals surface area contributed by atoms with Gasteiger partial charge in [-0.2, -0.15) is 11.3 Å². The number of ether oxygens (including phenoxy) is 1. The van der Waals surface area contributed by atoms with Gasteiger partial charge in [-0.05, 0) is 74.0 Å². The zero-order valence-corrected chi connectivity index (χ0v) is 15.5. The fourth-order valence-electron chi connectivity index (χ4n) is 3.50. The Hall–Kier alpha value is -0.620. The Labute approximate surface area is 149 Å². The summed E-state index contributed by atoms with van der Waals surface area (Å²) >= 11 is 1.69. The van der Waals surface area contributed by atoms with Crippen LogP contribution >= 0.6 is 23.7 Å². The summed E-state index contributed by atoms with van der Waals surface area (Å²) in [6.45, 7) is 7.04. The van der Waals surface area contributed by atoms with E-state index >= 15 is 0 Å². The first-order valence-corrected chi connectivity index (χ1v) is 9.18. The maximum Gasteiger partial charge on any atom is 0.249 e. The number of halogens is 1. The number of thiophene rings is 1. The lowest BCUT2D eigenvalue weighted by Gasteiger charge is -2.29. The topological polar surface area (TPSA) is 41.6 Å². The quantitative estimate of drug-likeness (QED) is 0.849. The number of hydrogen-bond acceptors (Lipinski definition) is 4. The summed E-state index contributed by atoms with van der Waals surface area (Å²) in [6, 6.07) is 2.52. The molecule has 1 atom stereocenters. The number of hydrogen-bond donors (Lipinski definition) is 1. The second kappa shape index (κ2) is 7.97. The Morgan fingerprint density at radius 3 is 2.83 bits per heavy atom. The van der Waals surface area contributed by atoms with Crippen LogP contribution in [0.3, 0.4) is 0 Å². The highest BCUT2D eigenvalue weighted by Crippen LogP contribution is 2.56. The van der Waals surface area contributed by atoms with E-state index in [2.05, 4.69) is 27.0 Å². The van der Waals surface area contributed by atoms with Crippen LogP contribution < -0.4 is 5.32 Å². The molecular formula is C17H27ClN2O2S. The highest BCUT2D eigenvalue weighted by molar-refractivity contribution is 7.07. The SMILES string of the molecule is CC(C)OCC(=O)N(Cc1ccsc1)C1CC12CCNCC2.Cl. The Balaban J connectivity index is 0.00000192. The third kappa shape index (κ3) is 4.47. The molecule has 0 radical (unpaired) electrons. The maximum atomic E-state index is 12.7. The highest BCUT2D eigenvalue weighted by atomic mass is 35.5. The van der Waals surface area contributed by atoms with E-state index in [1.54, 1.807) is 11.3 Å². The lowest BCUT2D eigenvalue weighted by Crippen LogP contribution is -2.40. The van der Waals surface area contributed by atoms with Gasteiger partial charge in [0.2, 0.25) is 5.91 Å². The minimum Gasteiger partial charge on any atom is -0.369 e. The Bertz CT molecular complexity index is 501. The minimum absolute atomic E-state index is 0. The van der Waals surface area contributed by atoms with Crippen molar-refractivity contribution in [1.29, 1.82) is 0 Å². The molecular weight excluding hydrogens is 332 g/mol. The lowest BCUT2D eigenvalue weighted by atomic mass is 9.93. The lowest BCUT2D eigenvalue weighted by molar-refractivity contribution is -0.139. The second-order valence-electron chi connectivity index (χ2n) is 6.85. The van der Waals surface area contributed by atoms with Crippen molar-refractivity contribution >= 4 is 29.7 Å². The van der Waals surface area contributed by atoms with Crippen LogP contribution in [-0.2, 0) is 16.1 Å². The summed E-state index contributed by atoms with van der Waals surface area (Å²) in [5.41, 5.74) is 1.60. The molecule has 2 heterocycles. The molecule has 1 amide bonds. The van der Waals surface area contributed by atoms with Gasteiger partial charge in [0.25, 0.3) is 0 Å². The van der Waals surface area contributed by atoms with Crippen molar-refractivity contribution in [3.63, 3.8) is 0 Å². The van der Waals surface area contributed by atoms with Crippen LogP contribution in [-0.4, -0.2) is 42.6 Å². The van der Waals surface area contributed by atoms with Crippen LogP contribution in [0.5, 0.6) is 0 Å².